The highest BCUT2D eigenvalue weighted by Gasteiger charge is 2.53. The zero-order chi connectivity index (χ0) is 21.2. The van der Waals surface area contributed by atoms with Gasteiger partial charge in [0.25, 0.3) is 11.5 Å². The summed E-state index contributed by atoms with van der Waals surface area (Å²) in [5, 5.41) is 3.98. The zero-order valence-corrected chi connectivity index (χ0v) is 18.5. The van der Waals surface area contributed by atoms with E-state index in [4.69, 9.17) is 4.98 Å². The van der Waals surface area contributed by atoms with Gasteiger partial charge in [-0.3, -0.25) is 14.2 Å². The smallest absolute Gasteiger partial charge is 0.261 e. The van der Waals surface area contributed by atoms with Gasteiger partial charge in [-0.25, -0.2) is 4.98 Å². The fourth-order valence-electron chi connectivity index (χ4n) is 7.70. The van der Waals surface area contributed by atoms with E-state index in [9.17, 15) is 9.59 Å². The van der Waals surface area contributed by atoms with E-state index in [-0.39, 0.29) is 22.9 Å². The van der Waals surface area contributed by atoms with E-state index in [0.717, 1.165) is 55.8 Å². The van der Waals surface area contributed by atoms with Gasteiger partial charge >= 0.3 is 0 Å². The molecule has 164 valence electrons. The summed E-state index contributed by atoms with van der Waals surface area (Å²) in [5.74, 6) is 3.47. The first-order valence-electron chi connectivity index (χ1n) is 12.4. The lowest BCUT2D eigenvalue weighted by Gasteiger charge is -2.59. The van der Waals surface area contributed by atoms with E-state index < -0.39 is 0 Å². The largest absolute Gasteiger partial charge is 0.349 e. The Kier molecular flexibility index (Phi) is 4.52. The molecule has 4 saturated carbocycles. The lowest BCUT2D eigenvalue weighted by molar-refractivity contribution is -0.0688. The first-order valence-corrected chi connectivity index (χ1v) is 12.4. The molecule has 2 aromatic rings. The van der Waals surface area contributed by atoms with Crippen LogP contribution >= 0.6 is 0 Å². The van der Waals surface area contributed by atoms with Crippen LogP contribution in [0.3, 0.4) is 0 Å². The number of benzene rings is 1. The van der Waals surface area contributed by atoms with E-state index in [1.165, 1.54) is 38.5 Å². The molecule has 31 heavy (non-hydrogen) atoms. The zero-order valence-electron chi connectivity index (χ0n) is 18.5. The highest BCUT2D eigenvalue weighted by Crippen LogP contribution is 2.61. The second kappa shape index (κ2) is 7.18. The second-order valence-corrected chi connectivity index (χ2v) is 11.0. The van der Waals surface area contributed by atoms with Crippen LogP contribution < -0.4 is 10.9 Å². The molecule has 4 aliphatic carbocycles. The lowest BCUT2D eigenvalue weighted by atomic mass is 9.48. The number of nitrogens with zero attached hydrogens (tertiary/aromatic N) is 2. The fraction of sp³-hybridized carbons (Fsp3) is 0.654. The molecule has 7 rings (SSSR count). The maximum Gasteiger partial charge on any atom is 0.261 e. The third kappa shape index (κ3) is 3.23. The van der Waals surface area contributed by atoms with Crippen molar-refractivity contribution in [3.8, 4) is 0 Å². The molecule has 5 aliphatic rings. The summed E-state index contributed by atoms with van der Waals surface area (Å²) in [5.41, 5.74) is 1.61. The first-order chi connectivity index (χ1) is 15.0. The van der Waals surface area contributed by atoms with Crippen molar-refractivity contribution in [2.75, 3.05) is 0 Å². The van der Waals surface area contributed by atoms with Crippen molar-refractivity contribution >= 4 is 16.8 Å². The third-order valence-electron chi connectivity index (χ3n) is 8.93. The molecule has 0 radical (unpaired) electrons. The van der Waals surface area contributed by atoms with Crippen molar-refractivity contribution in [1.82, 2.24) is 14.9 Å². The summed E-state index contributed by atoms with van der Waals surface area (Å²) in [7, 11) is 0. The van der Waals surface area contributed by atoms with Crippen LogP contribution in [0.2, 0.25) is 0 Å². The minimum atomic E-state index is -0.0259. The van der Waals surface area contributed by atoms with E-state index in [1.54, 1.807) is 12.1 Å². The molecule has 1 aromatic carbocycles. The normalized spacial score (nSPS) is 32.5. The van der Waals surface area contributed by atoms with Crippen LogP contribution in [-0.4, -0.2) is 21.5 Å². The van der Waals surface area contributed by atoms with Crippen LogP contribution in [0, 0.1) is 23.2 Å². The quantitative estimate of drug-likeness (QED) is 0.799. The highest BCUT2D eigenvalue weighted by molar-refractivity contribution is 5.97. The number of aryl methyl sites for hydroxylation is 1. The second-order valence-electron chi connectivity index (χ2n) is 11.0. The summed E-state index contributed by atoms with van der Waals surface area (Å²) in [4.78, 5) is 31.0. The number of carbonyl (C=O) groups is 1. The molecular weight excluding hydrogens is 386 g/mol. The molecule has 0 spiro atoms. The van der Waals surface area contributed by atoms with Gasteiger partial charge in [0.2, 0.25) is 0 Å². The molecule has 4 fully saturated rings. The van der Waals surface area contributed by atoms with Crippen LogP contribution in [0.15, 0.2) is 23.0 Å². The topological polar surface area (TPSA) is 64.0 Å². The molecule has 1 atom stereocenters. The van der Waals surface area contributed by atoms with Crippen molar-refractivity contribution in [2.45, 2.75) is 83.7 Å². The van der Waals surface area contributed by atoms with Crippen molar-refractivity contribution < 1.29 is 4.79 Å². The van der Waals surface area contributed by atoms with Gasteiger partial charge in [-0.15, -0.1) is 0 Å². The van der Waals surface area contributed by atoms with Crippen molar-refractivity contribution in [2.24, 2.45) is 23.2 Å². The molecular formula is C26H33N3O2. The van der Waals surface area contributed by atoms with Gasteiger partial charge in [-0.2, -0.15) is 0 Å². The minimum Gasteiger partial charge on any atom is -0.349 e. The molecule has 1 amide bonds. The Morgan fingerprint density at radius 2 is 1.81 bits per heavy atom. The van der Waals surface area contributed by atoms with Gasteiger partial charge in [0.15, 0.2) is 0 Å². The van der Waals surface area contributed by atoms with E-state index in [2.05, 4.69) is 12.2 Å². The predicted octanol–water partition coefficient (Wildman–Crippen LogP) is 4.46. The molecule has 4 bridgehead atoms. The summed E-state index contributed by atoms with van der Waals surface area (Å²) in [6, 6.07) is 5.61. The van der Waals surface area contributed by atoms with Gasteiger partial charge < -0.3 is 5.32 Å². The Bertz CT molecular complexity index is 1070. The van der Waals surface area contributed by atoms with E-state index in [1.807, 2.05) is 10.6 Å². The average molecular weight is 420 g/mol. The number of hydrogen-bond donors (Lipinski definition) is 1. The molecule has 1 aromatic heterocycles. The van der Waals surface area contributed by atoms with Gasteiger partial charge in [-0.1, -0.05) is 6.42 Å². The average Bonchev–Trinajstić information content (AvgIpc) is 2.98. The lowest BCUT2D eigenvalue weighted by Crippen LogP contribution is -2.55. The van der Waals surface area contributed by atoms with Gasteiger partial charge in [0, 0.05) is 24.6 Å². The number of hydrogen-bond acceptors (Lipinski definition) is 3. The fourth-order valence-corrected chi connectivity index (χ4v) is 7.70. The Morgan fingerprint density at radius 3 is 2.52 bits per heavy atom. The number of fused-ring (bicyclic) bond motifs is 2. The summed E-state index contributed by atoms with van der Waals surface area (Å²) in [6.45, 7) is 2.97. The van der Waals surface area contributed by atoms with Crippen LogP contribution in [0.5, 0.6) is 0 Å². The van der Waals surface area contributed by atoms with Crippen LogP contribution in [0.4, 0.5) is 0 Å². The monoisotopic (exact) mass is 419 g/mol. The Morgan fingerprint density at radius 1 is 1.10 bits per heavy atom. The van der Waals surface area contributed by atoms with Crippen molar-refractivity contribution in [1.29, 1.82) is 0 Å². The number of aromatic nitrogens is 2. The standard InChI is InChI=1S/C26H33N3O2/c1-16(26-13-17-9-18(14-26)11-19(10-17)15-26)27-24(30)20-6-7-21-22(12-20)28-23-5-3-2-4-8-29(23)25(21)31/h6-7,12,16-19H,2-5,8-11,13-15H2,1H3,(H,27,30)/t16-,17?,18?,19?,26?/m1/s1. The first kappa shape index (κ1) is 19.5. The minimum absolute atomic E-state index is 0.0259. The molecule has 2 heterocycles. The molecule has 0 unspecified atom stereocenters. The SMILES string of the molecule is C[C@@H](NC(=O)c1ccc2c(=O)n3c(nc2c1)CCCCC3)C12CC3CC(CC(C3)C1)C2. The van der Waals surface area contributed by atoms with E-state index in [0.29, 0.717) is 16.5 Å². The maximum absolute atomic E-state index is 13.2. The Hall–Kier alpha value is -2.17. The molecule has 0 saturated heterocycles. The summed E-state index contributed by atoms with van der Waals surface area (Å²) < 4.78 is 1.84. The molecule has 1 N–H and O–H groups in total. The highest BCUT2D eigenvalue weighted by atomic mass is 16.1. The summed E-state index contributed by atoms with van der Waals surface area (Å²) in [6.07, 6.45) is 12.2. The van der Waals surface area contributed by atoms with Crippen molar-refractivity contribution in [3.05, 3.63) is 39.9 Å². The molecule has 5 heteroatoms. The van der Waals surface area contributed by atoms with Gasteiger partial charge in [0.05, 0.1) is 10.9 Å². The third-order valence-corrected chi connectivity index (χ3v) is 8.93. The van der Waals surface area contributed by atoms with Crippen LogP contribution in [-0.2, 0) is 13.0 Å². The van der Waals surface area contributed by atoms with Gasteiger partial charge in [0.1, 0.15) is 5.82 Å². The Labute approximate surface area is 183 Å². The number of rotatable bonds is 3. The number of nitrogens with one attached hydrogen (secondary N) is 1. The van der Waals surface area contributed by atoms with Crippen molar-refractivity contribution in [3.63, 3.8) is 0 Å². The maximum atomic E-state index is 13.2. The number of amides is 1. The number of carbonyl (C=O) groups excluding carboxylic acids is 1. The van der Waals surface area contributed by atoms with Crippen LogP contribution in [0.1, 0.15) is 80.9 Å². The molecule has 5 nitrogen and oxygen atoms in total. The van der Waals surface area contributed by atoms with E-state index >= 15 is 0 Å². The predicted molar refractivity (Wildman–Crippen MR) is 121 cm³/mol. The Balaban J connectivity index is 1.26. The van der Waals surface area contributed by atoms with Crippen LogP contribution in [0.25, 0.3) is 10.9 Å². The summed E-state index contributed by atoms with van der Waals surface area (Å²) >= 11 is 0. The molecule has 1 aliphatic heterocycles. The van der Waals surface area contributed by atoms with Gasteiger partial charge in [-0.05, 0) is 99.7 Å².